The van der Waals surface area contributed by atoms with Crippen molar-refractivity contribution in [2.75, 3.05) is 0 Å². The zero-order valence-corrected chi connectivity index (χ0v) is 12.1. The first-order valence-electron chi connectivity index (χ1n) is 1.75. The molecule has 68 valence electrons. The van der Waals surface area contributed by atoms with Crippen molar-refractivity contribution >= 4 is 90.8 Å². The molecule has 0 aromatic carbocycles. The molecule has 0 amide bonds. The van der Waals surface area contributed by atoms with E-state index >= 15 is 0 Å². The number of thiol groups is 1. The van der Waals surface area contributed by atoms with Gasteiger partial charge in [0.25, 0.3) is 0 Å². The Bertz CT molecular complexity index is 74.0. The van der Waals surface area contributed by atoms with E-state index < -0.39 is 10.4 Å². The second-order valence-corrected chi connectivity index (χ2v) is 14.8. The van der Waals surface area contributed by atoms with Gasteiger partial charge in [0, 0.05) is 29.5 Å². The van der Waals surface area contributed by atoms with Gasteiger partial charge in [-0.05, 0) is 29.5 Å². The summed E-state index contributed by atoms with van der Waals surface area (Å²) in [6.07, 6.45) is 0. The van der Waals surface area contributed by atoms with Gasteiger partial charge >= 0.3 is 0 Å². The lowest BCUT2D eigenvalue weighted by atomic mass is 14.0. The number of nitrogens with two attached hydrogens (primary N) is 1. The van der Waals surface area contributed by atoms with Crippen molar-refractivity contribution in [1.29, 1.82) is 0 Å². The molecule has 0 aliphatic rings. The van der Waals surface area contributed by atoms with Crippen LogP contribution >= 0.6 is 80.4 Å². The van der Waals surface area contributed by atoms with E-state index in [2.05, 4.69) is 11.7 Å². The summed E-state index contributed by atoms with van der Waals surface area (Å²) >= 11 is 3.93. The molecule has 1 atom stereocenters. The third kappa shape index (κ3) is 13.1. The first-order chi connectivity index (χ1) is 5.27. The van der Waals surface area contributed by atoms with Crippen molar-refractivity contribution in [2.24, 2.45) is 5.14 Å². The van der Waals surface area contributed by atoms with Crippen LogP contribution in [0.2, 0.25) is 0 Å². The Labute approximate surface area is 99.2 Å². The highest BCUT2D eigenvalue weighted by Crippen LogP contribution is 2.56. The number of hydrogen-bond donors (Lipinski definition) is 2. The third-order valence-electron chi connectivity index (χ3n) is 0.236. The quantitative estimate of drug-likeness (QED) is 0.313. The van der Waals surface area contributed by atoms with E-state index in [0.717, 1.165) is 9.83 Å². The minimum Gasteiger partial charge on any atom is -0.586 e. The Hall–Kier alpha value is 3.07. The molecule has 0 rings (SSSR count). The lowest BCUT2D eigenvalue weighted by molar-refractivity contribution is 0.611. The summed E-state index contributed by atoms with van der Waals surface area (Å²) in [6.45, 7) is 0. The van der Waals surface area contributed by atoms with Crippen molar-refractivity contribution in [3.63, 3.8) is 0 Å². The number of rotatable bonds is 7. The van der Waals surface area contributed by atoms with Crippen LogP contribution in [0.25, 0.3) is 0 Å². The molecule has 11 heavy (non-hydrogen) atoms. The van der Waals surface area contributed by atoms with Crippen LogP contribution in [0.4, 0.5) is 0 Å². The highest BCUT2D eigenvalue weighted by molar-refractivity contribution is 9.50. The maximum atomic E-state index is 10.3. The molecular formula is H3NOS9. The lowest BCUT2D eigenvalue weighted by Gasteiger charge is -1.96. The molecule has 0 saturated carbocycles. The van der Waals surface area contributed by atoms with E-state index in [1.807, 2.05) is 0 Å². The van der Waals surface area contributed by atoms with Crippen molar-refractivity contribution in [3.05, 3.63) is 0 Å². The Kier molecular flexibility index (Phi) is 14.3. The van der Waals surface area contributed by atoms with Crippen LogP contribution < -0.4 is 5.14 Å². The van der Waals surface area contributed by atoms with E-state index in [4.69, 9.17) is 5.14 Å². The van der Waals surface area contributed by atoms with Crippen molar-refractivity contribution in [3.8, 4) is 0 Å². The van der Waals surface area contributed by atoms with Crippen LogP contribution in [0.3, 0.4) is 0 Å². The minimum atomic E-state index is -1.26. The topological polar surface area (TPSA) is 49.1 Å². The molecule has 2 N–H and O–H groups in total. The summed E-state index contributed by atoms with van der Waals surface area (Å²) in [7, 11) is 9.03. The molecule has 0 spiro atoms. The maximum Gasteiger partial charge on any atom is 0.196 e. The smallest absolute Gasteiger partial charge is 0.196 e. The Morgan fingerprint density at radius 2 is 1.64 bits per heavy atom. The SMILES string of the molecule is N[S+]([O-])SSSSSSSS. The van der Waals surface area contributed by atoms with Crippen molar-refractivity contribution < 1.29 is 4.55 Å². The summed E-state index contributed by atoms with van der Waals surface area (Å²) in [5, 5.41) is 5.00. The van der Waals surface area contributed by atoms with Crippen LogP contribution in [0, 0.1) is 0 Å². The maximum absolute atomic E-state index is 10.3. The Balaban J connectivity index is 2.80. The molecule has 0 saturated heterocycles. The van der Waals surface area contributed by atoms with Gasteiger partial charge in [-0.2, -0.15) is 0 Å². The number of hydrogen-bond acceptors (Lipinski definition) is 10. The van der Waals surface area contributed by atoms with E-state index in [0.29, 0.717) is 0 Å². The van der Waals surface area contributed by atoms with Crippen LogP contribution in [-0.4, -0.2) is 4.55 Å². The summed E-state index contributed by atoms with van der Waals surface area (Å²) < 4.78 is 10.3. The molecule has 0 heterocycles. The minimum absolute atomic E-state index is 1.15. The zero-order valence-electron chi connectivity index (χ0n) is 4.70. The average molecular weight is 322 g/mol. The normalized spacial score (nSPS) is 13.4. The molecule has 11 heteroatoms. The second kappa shape index (κ2) is 11.1. The van der Waals surface area contributed by atoms with Crippen LogP contribution in [0.1, 0.15) is 0 Å². The van der Waals surface area contributed by atoms with E-state index in [-0.39, 0.29) is 0 Å². The predicted molar refractivity (Wildman–Crippen MR) is 74.5 cm³/mol. The average Bonchev–Trinajstić information content (AvgIpc) is 1.96. The first-order valence-corrected chi connectivity index (χ1v) is 13.4. The molecule has 2 nitrogen and oxygen atoms in total. The van der Waals surface area contributed by atoms with Gasteiger partial charge < -0.3 is 4.55 Å². The van der Waals surface area contributed by atoms with Gasteiger partial charge in [-0.15, -0.1) is 5.14 Å². The Morgan fingerprint density at radius 3 is 2.18 bits per heavy atom. The fourth-order valence-electron chi connectivity index (χ4n) is 0.0852. The fourth-order valence-corrected chi connectivity index (χ4v) is 16.3. The van der Waals surface area contributed by atoms with E-state index in [1.54, 1.807) is 29.5 Å². The van der Waals surface area contributed by atoms with E-state index in [9.17, 15) is 4.55 Å². The zero-order chi connectivity index (χ0) is 8.53. The highest BCUT2D eigenvalue weighted by atomic mass is 34.0. The van der Waals surface area contributed by atoms with Gasteiger partial charge in [0.05, 0.1) is 0 Å². The molecule has 0 aromatic rings. The summed E-state index contributed by atoms with van der Waals surface area (Å²) in [6, 6.07) is 0. The molecule has 1 unspecified atom stereocenters. The van der Waals surface area contributed by atoms with E-state index in [1.165, 1.54) is 29.5 Å². The first kappa shape index (κ1) is 14.1. The molecule has 0 aliphatic carbocycles. The largest absolute Gasteiger partial charge is 0.586 e. The van der Waals surface area contributed by atoms with Gasteiger partial charge in [-0.1, -0.05) is 11.7 Å². The molecule has 0 aliphatic heterocycles. The predicted octanol–water partition coefficient (Wildman–Crippen LogP) is 3.99. The lowest BCUT2D eigenvalue weighted by Crippen LogP contribution is -2.03. The van der Waals surface area contributed by atoms with Gasteiger partial charge in [0.2, 0.25) is 0 Å². The molecule has 0 aromatic heterocycles. The van der Waals surface area contributed by atoms with Crippen LogP contribution in [0.15, 0.2) is 0 Å². The standard InChI is InChI=1S/H3NOS9/c1-11(2)10-9-8-7-6-5-4-3/h3H,1H2. The molecule has 0 radical (unpaired) electrons. The Morgan fingerprint density at radius 1 is 1.09 bits per heavy atom. The van der Waals surface area contributed by atoms with Crippen LogP contribution in [-0.2, 0) is 10.4 Å². The van der Waals surface area contributed by atoms with Gasteiger partial charge in [0.1, 0.15) is 10.4 Å². The highest BCUT2D eigenvalue weighted by Gasteiger charge is 2.02. The van der Waals surface area contributed by atoms with Crippen molar-refractivity contribution in [1.82, 2.24) is 0 Å². The van der Waals surface area contributed by atoms with Crippen molar-refractivity contribution in [2.45, 2.75) is 0 Å². The molecule has 0 fully saturated rings. The fraction of sp³-hybridized carbons (Fsp3) is 0. The summed E-state index contributed by atoms with van der Waals surface area (Å²) in [4.78, 5) is 0. The second-order valence-electron chi connectivity index (χ2n) is 0.743. The summed E-state index contributed by atoms with van der Waals surface area (Å²) in [5.74, 6) is 0. The molecule has 0 bridgehead atoms. The molecular weight excluding hydrogens is 319 g/mol. The van der Waals surface area contributed by atoms with Crippen LogP contribution in [0.5, 0.6) is 0 Å². The monoisotopic (exact) mass is 321 g/mol. The van der Waals surface area contributed by atoms with Gasteiger partial charge in [-0.3, -0.25) is 0 Å². The van der Waals surface area contributed by atoms with Gasteiger partial charge in [-0.25, -0.2) is 0 Å². The third-order valence-corrected chi connectivity index (χ3v) is 15.5. The van der Waals surface area contributed by atoms with Gasteiger partial charge in [0.15, 0.2) is 9.83 Å². The summed E-state index contributed by atoms with van der Waals surface area (Å²) in [5.41, 5.74) is 0.